The van der Waals surface area contributed by atoms with E-state index in [1.807, 2.05) is 6.92 Å². The highest BCUT2D eigenvalue weighted by molar-refractivity contribution is 7.99. The topological polar surface area (TPSA) is 85.9 Å². The fraction of sp³-hybridized carbons (Fsp3) is 0.444. The van der Waals surface area contributed by atoms with Gasteiger partial charge in [-0.2, -0.15) is 11.8 Å². The Balaban J connectivity index is 2.32. The molecule has 0 aromatic heterocycles. The van der Waals surface area contributed by atoms with Gasteiger partial charge in [0.2, 0.25) is 0 Å². The third-order valence-electron chi connectivity index (χ3n) is 3.97. The number of benzene rings is 1. The van der Waals surface area contributed by atoms with Crippen LogP contribution in [-0.4, -0.2) is 44.3 Å². The molecule has 1 fully saturated rings. The highest BCUT2D eigenvalue weighted by atomic mass is 32.2. The first-order chi connectivity index (χ1) is 12.5. The van der Waals surface area contributed by atoms with Crippen molar-refractivity contribution < 1.29 is 23.8 Å². The Kier molecular flexibility index (Phi) is 7.20. The number of hydrogen-bond donors (Lipinski definition) is 2. The van der Waals surface area contributed by atoms with E-state index in [2.05, 4.69) is 17.2 Å². The summed E-state index contributed by atoms with van der Waals surface area (Å²) >= 11 is 1.68. The van der Waals surface area contributed by atoms with Gasteiger partial charge in [-0.3, -0.25) is 4.79 Å². The van der Waals surface area contributed by atoms with E-state index in [-0.39, 0.29) is 5.70 Å². The summed E-state index contributed by atoms with van der Waals surface area (Å²) in [5.41, 5.74) is 0.907. The van der Waals surface area contributed by atoms with Gasteiger partial charge in [0, 0.05) is 17.0 Å². The average molecular weight is 380 g/mol. The molecule has 0 bridgehead atoms. The second-order valence-corrected chi connectivity index (χ2v) is 6.92. The number of ether oxygens (including phenoxy) is 3. The molecule has 26 heavy (non-hydrogen) atoms. The lowest BCUT2D eigenvalue weighted by molar-refractivity contribution is -0.147. The van der Waals surface area contributed by atoms with Gasteiger partial charge in [-0.05, 0) is 11.8 Å². The summed E-state index contributed by atoms with van der Waals surface area (Å²) in [7, 11) is 3.03. The van der Waals surface area contributed by atoms with Crippen molar-refractivity contribution in [1.82, 2.24) is 10.6 Å². The Morgan fingerprint density at radius 2 is 2.08 bits per heavy atom. The number of methoxy groups -OCH3 is 2. The van der Waals surface area contributed by atoms with Crippen LogP contribution in [0, 0.1) is 5.92 Å². The largest absolute Gasteiger partial charge is 0.493 e. The van der Waals surface area contributed by atoms with Crippen molar-refractivity contribution in [3.63, 3.8) is 0 Å². The zero-order valence-corrected chi connectivity index (χ0v) is 16.0. The van der Waals surface area contributed by atoms with Crippen LogP contribution in [0.3, 0.4) is 0 Å². The van der Waals surface area contributed by atoms with Crippen LogP contribution in [0.25, 0.3) is 0 Å². The molecule has 0 unspecified atom stereocenters. The van der Waals surface area contributed by atoms with E-state index in [1.165, 1.54) is 14.2 Å². The van der Waals surface area contributed by atoms with Gasteiger partial charge in [-0.1, -0.05) is 25.6 Å². The molecule has 2 atom stereocenters. The number of urea groups is 1. The smallest absolute Gasteiger partial charge is 0.319 e. The van der Waals surface area contributed by atoms with Gasteiger partial charge in [0.05, 0.1) is 20.3 Å². The first-order valence-electron chi connectivity index (χ1n) is 8.25. The number of hydrogen-bond acceptors (Lipinski definition) is 6. The molecule has 8 heteroatoms. The van der Waals surface area contributed by atoms with Crippen molar-refractivity contribution in [3.8, 4) is 11.5 Å². The second-order valence-electron chi connectivity index (χ2n) is 5.53. The number of amides is 2. The van der Waals surface area contributed by atoms with Gasteiger partial charge in [0.15, 0.2) is 11.5 Å². The van der Waals surface area contributed by atoms with Crippen molar-refractivity contribution in [2.24, 2.45) is 5.92 Å². The minimum atomic E-state index is -0.777. The number of rotatable bonds is 8. The fourth-order valence-electron chi connectivity index (χ4n) is 2.81. The summed E-state index contributed by atoms with van der Waals surface area (Å²) in [4.78, 5) is 24.6. The first kappa shape index (κ1) is 20.0. The highest BCUT2D eigenvalue weighted by Gasteiger charge is 2.40. The molecule has 0 saturated carbocycles. The Labute approximate surface area is 157 Å². The maximum Gasteiger partial charge on any atom is 0.319 e. The molecule has 2 N–H and O–H groups in total. The number of thioether (sulfide) groups is 1. The zero-order chi connectivity index (χ0) is 19.1. The van der Waals surface area contributed by atoms with Crippen LogP contribution in [0.1, 0.15) is 18.5 Å². The number of carbonyl (C=O) groups excluding carboxylic acids is 2. The molecule has 1 heterocycles. The van der Waals surface area contributed by atoms with E-state index >= 15 is 0 Å². The average Bonchev–Trinajstić information content (AvgIpc) is 2.63. The Morgan fingerprint density at radius 3 is 2.73 bits per heavy atom. The highest BCUT2D eigenvalue weighted by Crippen LogP contribution is 2.40. The summed E-state index contributed by atoms with van der Waals surface area (Å²) in [5, 5.41) is 5.32. The number of carbonyl (C=O) groups is 2. The molecule has 1 aromatic rings. The maximum atomic E-state index is 12.7. The third kappa shape index (κ3) is 4.43. The Morgan fingerprint density at radius 1 is 1.31 bits per heavy atom. The fourth-order valence-corrected chi connectivity index (χ4v) is 3.30. The SMILES string of the molecule is C=C1NC(=O)N[C@H](c2cccc(OC)c2OC)[C@H]1C(=O)OCCSCC. The molecular formula is C18H24N2O5S. The van der Waals surface area contributed by atoms with Crippen molar-refractivity contribution in [2.75, 3.05) is 32.3 Å². The molecule has 1 aliphatic heterocycles. The van der Waals surface area contributed by atoms with Crippen molar-refractivity contribution in [1.29, 1.82) is 0 Å². The molecule has 0 spiro atoms. The number of nitrogens with one attached hydrogen (secondary N) is 2. The van der Waals surface area contributed by atoms with E-state index in [0.29, 0.717) is 29.4 Å². The summed E-state index contributed by atoms with van der Waals surface area (Å²) in [6.07, 6.45) is 0. The van der Waals surface area contributed by atoms with Crippen LogP contribution in [0.15, 0.2) is 30.5 Å². The summed E-state index contributed by atoms with van der Waals surface area (Å²) < 4.78 is 16.2. The molecule has 0 radical (unpaired) electrons. The summed E-state index contributed by atoms with van der Waals surface area (Å²) in [6, 6.07) is 4.18. The van der Waals surface area contributed by atoms with Gasteiger partial charge in [0.1, 0.15) is 12.5 Å². The van der Waals surface area contributed by atoms with E-state index in [0.717, 1.165) is 5.75 Å². The van der Waals surface area contributed by atoms with Crippen molar-refractivity contribution >= 4 is 23.8 Å². The van der Waals surface area contributed by atoms with E-state index in [9.17, 15) is 9.59 Å². The minimum Gasteiger partial charge on any atom is -0.493 e. The van der Waals surface area contributed by atoms with Crippen LogP contribution in [-0.2, 0) is 9.53 Å². The molecule has 1 saturated heterocycles. The lowest BCUT2D eigenvalue weighted by Gasteiger charge is -2.34. The standard InChI is InChI=1S/C18H24N2O5S/c1-5-26-10-9-25-17(21)14-11(2)19-18(22)20-15(14)12-7-6-8-13(23-3)16(12)24-4/h6-8,14-15H,2,5,9-10H2,1,3-4H3,(H2,19,20,22)/t14-,15+/m0/s1. The molecule has 2 amide bonds. The zero-order valence-electron chi connectivity index (χ0n) is 15.2. The minimum absolute atomic E-state index is 0.289. The van der Waals surface area contributed by atoms with Crippen LogP contribution in [0.5, 0.6) is 11.5 Å². The van der Waals surface area contributed by atoms with E-state index in [4.69, 9.17) is 14.2 Å². The lowest BCUT2D eigenvalue weighted by atomic mass is 9.88. The van der Waals surface area contributed by atoms with Crippen LogP contribution < -0.4 is 20.1 Å². The van der Waals surface area contributed by atoms with Crippen LogP contribution >= 0.6 is 11.8 Å². The predicted molar refractivity (Wildman–Crippen MR) is 101 cm³/mol. The van der Waals surface area contributed by atoms with Gasteiger partial charge < -0.3 is 24.8 Å². The number of para-hydroxylation sites is 1. The molecule has 1 aromatic carbocycles. The lowest BCUT2D eigenvalue weighted by Crippen LogP contribution is -2.51. The Hall–Kier alpha value is -2.35. The van der Waals surface area contributed by atoms with Gasteiger partial charge in [0.25, 0.3) is 0 Å². The molecule has 0 aliphatic carbocycles. The normalized spacial score (nSPS) is 19.3. The van der Waals surface area contributed by atoms with Crippen LogP contribution in [0.2, 0.25) is 0 Å². The van der Waals surface area contributed by atoms with Crippen molar-refractivity contribution in [3.05, 3.63) is 36.0 Å². The summed E-state index contributed by atoms with van der Waals surface area (Å²) in [6.45, 7) is 6.18. The monoisotopic (exact) mass is 380 g/mol. The summed E-state index contributed by atoms with van der Waals surface area (Å²) in [5.74, 6) is 1.40. The Bertz CT molecular complexity index is 680. The molecule has 7 nitrogen and oxygen atoms in total. The number of esters is 1. The maximum absolute atomic E-state index is 12.7. The first-order valence-corrected chi connectivity index (χ1v) is 9.40. The quantitative estimate of drug-likeness (QED) is 0.532. The van der Waals surface area contributed by atoms with Gasteiger partial charge in [-0.15, -0.1) is 0 Å². The second kappa shape index (κ2) is 9.38. The third-order valence-corrected chi connectivity index (χ3v) is 4.83. The van der Waals surface area contributed by atoms with E-state index in [1.54, 1.807) is 30.0 Å². The van der Waals surface area contributed by atoms with Crippen molar-refractivity contribution in [2.45, 2.75) is 13.0 Å². The molecule has 1 aliphatic rings. The van der Waals surface area contributed by atoms with Crippen LogP contribution in [0.4, 0.5) is 4.79 Å². The van der Waals surface area contributed by atoms with Gasteiger partial charge in [-0.25, -0.2) is 4.79 Å². The molecule has 2 rings (SSSR count). The predicted octanol–water partition coefficient (Wildman–Crippen LogP) is 2.48. The van der Waals surface area contributed by atoms with Gasteiger partial charge >= 0.3 is 12.0 Å². The van der Waals surface area contributed by atoms with E-state index < -0.39 is 24.0 Å². The molecular weight excluding hydrogens is 356 g/mol. The molecule has 142 valence electrons.